The summed E-state index contributed by atoms with van der Waals surface area (Å²) >= 11 is 0. The number of nitrogens with zero attached hydrogens (tertiary/aromatic N) is 3. The molecule has 0 unspecified atom stereocenters. The third-order valence-electron chi connectivity index (χ3n) is 1.78. The lowest BCUT2D eigenvalue weighted by molar-refractivity contribution is 0.0704. The summed E-state index contributed by atoms with van der Waals surface area (Å²) in [7, 11) is 1.89. The Bertz CT molecular complexity index is 259. The van der Waals surface area contributed by atoms with Crippen LogP contribution in [-0.4, -0.2) is 34.5 Å². The van der Waals surface area contributed by atoms with Crippen LogP contribution in [0.5, 0.6) is 0 Å². The van der Waals surface area contributed by atoms with E-state index in [4.69, 9.17) is 4.74 Å². The molecular formula is C9H18N4O. The summed E-state index contributed by atoms with van der Waals surface area (Å²) in [5.74, 6) is 0.944. The lowest BCUT2D eigenvalue weighted by Crippen LogP contribution is -2.17. The summed E-state index contributed by atoms with van der Waals surface area (Å²) in [6.07, 6.45) is 1.84. The lowest BCUT2D eigenvalue weighted by Gasteiger charge is -2.08. The van der Waals surface area contributed by atoms with Crippen molar-refractivity contribution >= 4 is 0 Å². The monoisotopic (exact) mass is 198 g/mol. The zero-order valence-corrected chi connectivity index (χ0v) is 9.03. The maximum Gasteiger partial charge on any atom is 0.140 e. The fourth-order valence-corrected chi connectivity index (χ4v) is 1.14. The highest BCUT2D eigenvalue weighted by molar-refractivity contribution is 4.82. The molecule has 1 N–H and O–H groups in total. The van der Waals surface area contributed by atoms with Crippen molar-refractivity contribution in [3.8, 4) is 0 Å². The third-order valence-corrected chi connectivity index (χ3v) is 1.78. The number of rotatable bonds is 6. The van der Waals surface area contributed by atoms with Gasteiger partial charge in [-0.3, -0.25) is 0 Å². The van der Waals surface area contributed by atoms with Gasteiger partial charge in [-0.1, -0.05) is 0 Å². The van der Waals surface area contributed by atoms with Gasteiger partial charge in [0.1, 0.15) is 12.2 Å². The largest absolute Gasteiger partial charge is 0.377 e. The molecule has 5 nitrogen and oxygen atoms in total. The average Bonchev–Trinajstić information content (AvgIpc) is 2.53. The van der Waals surface area contributed by atoms with E-state index in [0.717, 1.165) is 18.9 Å². The van der Waals surface area contributed by atoms with Crippen LogP contribution >= 0.6 is 0 Å². The predicted octanol–water partition coefficient (Wildman–Crippen LogP) is 0.422. The van der Waals surface area contributed by atoms with Gasteiger partial charge in [-0.2, -0.15) is 5.10 Å². The Balaban J connectivity index is 2.37. The number of ether oxygens (including phenoxy) is 1. The van der Waals surface area contributed by atoms with Crippen LogP contribution in [-0.2, 0) is 17.8 Å². The van der Waals surface area contributed by atoms with E-state index >= 15 is 0 Å². The highest BCUT2D eigenvalue weighted by Crippen LogP contribution is 1.95. The first kappa shape index (κ1) is 11.1. The maximum atomic E-state index is 5.44. The Morgan fingerprint density at radius 3 is 3.00 bits per heavy atom. The average molecular weight is 198 g/mol. The van der Waals surface area contributed by atoms with Gasteiger partial charge < -0.3 is 10.1 Å². The van der Waals surface area contributed by atoms with Gasteiger partial charge >= 0.3 is 0 Å². The molecule has 0 aliphatic rings. The highest BCUT2D eigenvalue weighted by atomic mass is 16.5. The molecule has 5 heteroatoms. The van der Waals surface area contributed by atoms with Crippen LogP contribution < -0.4 is 5.32 Å². The van der Waals surface area contributed by atoms with E-state index in [1.807, 2.05) is 25.6 Å². The van der Waals surface area contributed by atoms with Crippen LogP contribution in [0.3, 0.4) is 0 Å². The predicted molar refractivity (Wildman–Crippen MR) is 53.9 cm³/mol. The van der Waals surface area contributed by atoms with Crippen LogP contribution in [0.15, 0.2) is 6.33 Å². The van der Waals surface area contributed by atoms with Crippen molar-refractivity contribution in [3.05, 3.63) is 12.2 Å². The molecule has 14 heavy (non-hydrogen) atoms. The molecule has 1 rings (SSSR count). The van der Waals surface area contributed by atoms with Gasteiger partial charge in [0.05, 0.1) is 25.8 Å². The van der Waals surface area contributed by atoms with Crippen molar-refractivity contribution in [3.63, 3.8) is 0 Å². The Labute approximate surface area is 84.5 Å². The van der Waals surface area contributed by atoms with E-state index in [0.29, 0.717) is 6.61 Å². The Morgan fingerprint density at radius 2 is 2.36 bits per heavy atom. The van der Waals surface area contributed by atoms with E-state index in [1.54, 1.807) is 6.33 Å². The molecular weight excluding hydrogens is 180 g/mol. The number of aromatic nitrogens is 3. The molecule has 0 spiro atoms. The number of nitrogens with one attached hydrogen (secondary N) is 1. The smallest absolute Gasteiger partial charge is 0.140 e. The fraction of sp³-hybridized carbons (Fsp3) is 0.778. The first-order valence-electron chi connectivity index (χ1n) is 4.87. The molecule has 0 aromatic carbocycles. The molecule has 1 heterocycles. The van der Waals surface area contributed by atoms with Gasteiger partial charge in [-0.05, 0) is 20.9 Å². The molecule has 0 saturated carbocycles. The minimum absolute atomic E-state index is 0.270. The van der Waals surface area contributed by atoms with Gasteiger partial charge in [0, 0.05) is 0 Å². The molecule has 0 aliphatic heterocycles. The lowest BCUT2D eigenvalue weighted by atomic mass is 10.5. The third kappa shape index (κ3) is 3.43. The zero-order chi connectivity index (χ0) is 10.4. The second-order valence-electron chi connectivity index (χ2n) is 3.35. The fourth-order valence-electron chi connectivity index (χ4n) is 1.14. The standard InChI is InChI=1S/C9H18N4O/c1-8(2)14-5-4-13-9(6-10-3)11-7-12-13/h7-8,10H,4-6H2,1-3H3. The van der Waals surface area contributed by atoms with E-state index in [2.05, 4.69) is 15.4 Å². The summed E-state index contributed by atoms with van der Waals surface area (Å²) in [4.78, 5) is 4.14. The van der Waals surface area contributed by atoms with E-state index < -0.39 is 0 Å². The maximum absolute atomic E-state index is 5.44. The number of hydrogen-bond donors (Lipinski definition) is 1. The normalized spacial score (nSPS) is 11.1. The molecule has 0 fully saturated rings. The second-order valence-corrected chi connectivity index (χ2v) is 3.35. The Morgan fingerprint density at radius 1 is 1.57 bits per heavy atom. The quantitative estimate of drug-likeness (QED) is 0.720. The molecule has 1 aromatic rings. The molecule has 0 bridgehead atoms. The first-order chi connectivity index (χ1) is 6.74. The SMILES string of the molecule is CNCc1ncnn1CCOC(C)C. The molecule has 80 valence electrons. The van der Waals surface area contributed by atoms with Crippen molar-refractivity contribution in [2.45, 2.75) is 33.0 Å². The van der Waals surface area contributed by atoms with Crippen LogP contribution in [0.2, 0.25) is 0 Å². The van der Waals surface area contributed by atoms with Crippen molar-refractivity contribution < 1.29 is 4.74 Å². The van der Waals surface area contributed by atoms with Crippen LogP contribution in [0.1, 0.15) is 19.7 Å². The summed E-state index contributed by atoms with van der Waals surface area (Å²) in [5.41, 5.74) is 0. The summed E-state index contributed by atoms with van der Waals surface area (Å²) in [6, 6.07) is 0. The minimum Gasteiger partial charge on any atom is -0.377 e. The van der Waals surface area contributed by atoms with Gasteiger partial charge in [0.15, 0.2) is 0 Å². The second kappa shape index (κ2) is 5.72. The van der Waals surface area contributed by atoms with Gasteiger partial charge in [-0.25, -0.2) is 9.67 Å². The van der Waals surface area contributed by atoms with Crippen LogP contribution in [0.25, 0.3) is 0 Å². The van der Waals surface area contributed by atoms with E-state index in [1.165, 1.54) is 0 Å². The van der Waals surface area contributed by atoms with Crippen molar-refractivity contribution in [2.24, 2.45) is 0 Å². The van der Waals surface area contributed by atoms with Crippen molar-refractivity contribution in [1.29, 1.82) is 0 Å². The first-order valence-corrected chi connectivity index (χ1v) is 4.87. The summed E-state index contributed by atoms with van der Waals surface area (Å²) in [5, 5.41) is 7.16. The van der Waals surface area contributed by atoms with E-state index in [9.17, 15) is 0 Å². The Hall–Kier alpha value is -0.940. The van der Waals surface area contributed by atoms with E-state index in [-0.39, 0.29) is 6.10 Å². The van der Waals surface area contributed by atoms with Crippen LogP contribution in [0.4, 0.5) is 0 Å². The minimum atomic E-state index is 0.270. The van der Waals surface area contributed by atoms with Crippen LogP contribution in [0, 0.1) is 0 Å². The van der Waals surface area contributed by atoms with Gasteiger partial charge in [-0.15, -0.1) is 0 Å². The molecule has 1 aromatic heterocycles. The highest BCUT2D eigenvalue weighted by Gasteiger charge is 2.02. The summed E-state index contributed by atoms with van der Waals surface area (Å²) in [6.45, 7) is 6.22. The number of hydrogen-bond acceptors (Lipinski definition) is 4. The molecule has 0 atom stereocenters. The molecule has 0 amide bonds. The van der Waals surface area contributed by atoms with Crippen molar-refractivity contribution in [1.82, 2.24) is 20.1 Å². The molecule has 0 aliphatic carbocycles. The molecule has 0 radical (unpaired) electrons. The van der Waals surface area contributed by atoms with Crippen molar-refractivity contribution in [2.75, 3.05) is 13.7 Å². The topological polar surface area (TPSA) is 52.0 Å². The molecule has 0 saturated heterocycles. The summed E-state index contributed by atoms with van der Waals surface area (Å²) < 4.78 is 7.30. The van der Waals surface area contributed by atoms with Gasteiger partial charge in [0.2, 0.25) is 0 Å². The Kier molecular flexibility index (Phi) is 4.55. The zero-order valence-electron chi connectivity index (χ0n) is 9.03. The van der Waals surface area contributed by atoms with Gasteiger partial charge in [0.25, 0.3) is 0 Å².